The summed E-state index contributed by atoms with van der Waals surface area (Å²) in [6.45, 7) is 2.60. The molecule has 4 amide bonds. The lowest BCUT2D eigenvalue weighted by Crippen LogP contribution is -2.54. The molecule has 1 aliphatic heterocycles. The fourth-order valence-corrected chi connectivity index (χ4v) is 3.32. The topological polar surface area (TPSA) is 84.9 Å². The summed E-state index contributed by atoms with van der Waals surface area (Å²) < 4.78 is 24.1. The number of nitrogens with zero attached hydrogens (tertiary/aromatic N) is 1. The van der Waals surface area contributed by atoms with Gasteiger partial charge in [0.2, 0.25) is 0 Å². The van der Waals surface area contributed by atoms with Gasteiger partial charge in [0.25, 0.3) is 11.8 Å². The Balaban J connectivity index is 1.49. The Hall–Kier alpha value is -4.46. The molecular formula is C26H21FN2O5. The van der Waals surface area contributed by atoms with E-state index in [4.69, 9.17) is 9.47 Å². The van der Waals surface area contributed by atoms with Crippen molar-refractivity contribution in [2.75, 3.05) is 11.5 Å². The highest BCUT2D eigenvalue weighted by Gasteiger charge is 2.36. The normalized spacial score (nSPS) is 14.8. The summed E-state index contributed by atoms with van der Waals surface area (Å²) in [5.41, 5.74) is 1.53. The lowest BCUT2D eigenvalue weighted by Gasteiger charge is -2.26. The van der Waals surface area contributed by atoms with E-state index in [9.17, 15) is 18.8 Å². The van der Waals surface area contributed by atoms with Crippen LogP contribution in [0.15, 0.2) is 78.4 Å². The van der Waals surface area contributed by atoms with Gasteiger partial charge in [-0.15, -0.1) is 0 Å². The van der Waals surface area contributed by atoms with Gasteiger partial charge in [-0.1, -0.05) is 24.3 Å². The molecule has 1 heterocycles. The molecule has 1 saturated heterocycles. The average Bonchev–Trinajstić information content (AvgIpc) is 2.83. The minimum absolute atomic E-state index is 0.173. The number of benzene rings is 3. The number of ether oxygens (including phenoxy) is 2. The summed E-state index contributed by atoms with van der Waals surface area (Å²) >= 11 is 0. The number of carbonyl (C=O) groups is 3. The summed E-state index contributed by atoms with van der Waals surface area (Å²) in [7, 11) is 0. The number of hydrogen-bond acceptors (Lipinski definition) is 5. The van der Waals surface area contributed by atoms with E-state index in [-0.39, 0.29) is 18.0 Å². The Bertz CT molecular complexity index is 1240. The number of barbiturate groups is 1. The SMILES string of the molecule is CCOc1ccc(N2C(=O)NC(=O)/C(=C\c3ccc(OCc4ccc(F)cc4)cc3)C2=O)cc1. The second kappa shape index (κ2) is 9.99. The number of carbonyl (C=O) groups excluding carboxylic acids is 3. The first-order valence-electron chi connectivity index (χ1n) is 10.6. The maximum absolute atomic E-state index is 13.0. The van der Waals surface area contributed by atoms with E-state index in [1.54, 1.807) is 60.7 Å². The lowest BCUT2D eigenvalue weighted by atomic mass is 10.1. The fraction of sp³-hybridized carbons (Fsp3) is 0.115. The standard InChI is InChI=1S/C26H21FN2O5/c1-2-33-21-13-9-20(10-14-21)29-25(31)23(24(30)28-26(29)32)15-17-5-11-22(12-6-17)34-16-18-3-7-19(27)8-4-18/h3-15H,2,16H2,1H3,(H,28,30,32)/b23-15+. The predicted molar refractivity (Wildman–Crippen MR) is 124 cm³/mol. The number of nitrogens with one attached hydrogen (secondary N) is 1. The first kappa shape index (κ1) is 22.7. The number of hydrogen-bond donors (Lipinski definition) is 1. The zero-order valence-corrected chi connectivity index (χ0v) is 18.3. The van der Waals surface area contributed by atoms with Crippen LogP contribution < -0.4 is 19.7 Å². The van der Waals surface area contributed by atoms with E-state index in [1.165, 1.54) is 18.2 Å². The molecule has 1 aliphatic rings. The highest BCUT2D eigenvalue weighted by atomic mass is 19.1. The third-order valence-electron chi connectivity index (χ3n) is 5.02. The molecular weight excluding hydrogens is 439 g/mol. The van der Waals surface area contributed by atoms with Crippen LogP contribution in [0.1, 0.15) is 18.1 Å². The zero-order chi connectivity index (χ0) is 24.1. The van der Waals surface area contributed by atoms with Crippen molar-refractivity contribution in [1.82, 2.24) is 5.32 Å². The van der Waals surface area contributed by atoms with Crippen LogP contribution in [0, 0.1) is 5.82 Å². The van der Waals surface area contributed by atoms with Crippen LogP contribution in [-0.2, 0) is 16.2 Å². The molecule has 1 fully saturated rings. The number of rotatable bonds is 7. The van der Waals surface area contributed by atoms with Gasteiger partial charge >= 0.3 is 6.03 Å². The molecule has 0 bridgehead atoms. The summed E-state index contributed by atoms with van der Waals surface area (Å²) in [5.74, 6) is -0.643. The average molecular weight is 460 g/mol. The molecule has 1 N–H and O–H groups in total. The van der Waals surface area contributed by atoms with Gasteiger partial charge < -0.3 is 9.47 Å². The van der Waals surface area contributed by atoms with Crippen LogP contribution in [0.3, 0.4) is 0 Å². The smallest absolute Gasteiger partial charge is 0.335 e. The van der Waals surface area contributed by atoms with Crippen molar-refractivity contribution in [2.24, 2.45) is 0 Å². The Labute approximate surface area is 195 Å². The highest BCUT2D eigenvalue weighted by Crippen LogP contribution is 2.25. The van der Waals surface area contributed by atoms with E-state index in [1.807, 2.05) is 6.92 Å². The van der Waals surface area contributed by atoms with Crippen LogP contribution in [0.5, 0.6) is 11.5 Å². The van der Waals surface area contributed by atoms with E-state index in [0.29, 0.717) is 29.4 Å². The molecule has 3 aromatic carbocycles. The van der Waals surface area contributed by atoms with Gasteiger partial charge in [0.05, 0.1) is 12.3 Å². The maximum atomic E-state index is 13.0. The van der Waals surface area contributed by atoms with Crippen molar-refractivity contribution < 1.29 is 28.2 Å². The van der Waals surface area contributed by atoms with Crippen LogP contribution in [0.2, 0.25) is 0 Å². The van der Waals surface area contributed by atoms with Crippen LogP contribution in [0.25, 0.3) is 6.08 Å². The van der Waals surface area contributed by atoms with Crippen molar-refractivity contribution in [2.45, 2.75) is 13.5 Å². The minimum Gasteiger partial charge on any atom is -0.494 e. The lowest BCUT2D eigenvalue weighted by molar-refractivity contribution is -0.122. The van der Waals surface area contributed by atoms with Gasteiger partial charge in [-0.2, -0.15) is 0 Å². The van der Waals surface area contributed by atoms with E-state index in [0.717, 1.165) is 10.5 Å². The molecule has 0 saturated carbocycles. The van der Waals surface area contributed by atoms with Crippen molar-refractivity contribution in [1.29, 1.82) is 0 Å². The Morgan fingerprint density at radius 2 is 1.47 bits per heavy atom. The molecule has 0 radical (unpaired) electrons. The number of anilines is 1. The monoisotopic (exact) mass is 460 g/mol. The third-order valence-corrected chi connectivity index (χ3v) is 5.02. The largest absolute Gasteiger partial charge is 0.494 e. The maximum Gasteiger partial charge on any atom is 0.335 e. The summed E-state index contributed by atoms with van der Waals surface area (Å²) in [4.78, 5) is 38.6. The van der Waals surface area contributed by atoms with Gasteiger partial charge in [-0.3, -0.25) is 14.9 Å². The van der Waals surface area contributed by atoms with Crippen LogP contribution in [-0.4, -0.2) is 24.5 Å². The minimum atomic E-state index is -0.819. The van der Waals surface area contributed by atoms with E-state index < -0.39 is 17.8 Å². The number of urea groups is 1. The number of imide groups is 2. The first-order valence-corrected chi connectivity index (χ1v) is 10.6. The molecule has 34 heavy (non-hydrogen) atoms. The number of halogens is 1. The molecule has 4 rings (SSSR count). The van der Waals surface area contributed by atoms with Crippen LogP contribution in [0.4, 0.5) is 14.9 Å². The molecule has 0 spiro atoms. The van der Waals surface area contributed by atoms with Crippen molar-refractivity contribution in [3.8, 4) is 11.5 Å². The molecule has 0 unspecified atom stereocenters. The molecule has 3 aromatic rings. The predicted octanol–water partition coefficient (Wildman–Crippen LogP) is 4.47. The highest BCUT2D eigenvalue weighted by molar-refractivity contribution is 6.39. The molecule has 0 atom stereocenters. The molecule has 172 valence electrons. The van der Waals surface area contributed by atoms with Crippen molar-refractivity contribution >= 4 is 29.6 Å². The fourth-order valence-electron chi connectivity index (χ4n) is 3.32. The quantitative estimate of drug-likeness (QED) is 0.415. The third kappa shape index (κ3) is 5.12. The Morgan fingerprint density at radius 3 is 2.12 bits per heavy atom. The van der Waals surface area contributed by atoms with E-state index in [2.05, 4.69) is 5.32 Å². The molecule has 8 heteroatoms. The summed E-state index contributed by atoms with van der Waals surface area (Å²) in [5, 5.41) is 2.20. The van der Waals surface area contributed by atoms with Gasteiger partial charge in [0.15, 0.2) is 0 Å². The second-order valence-electron chi connectivity index (χ2n) is 7.37. The Kier molecular flexibility index (Phi) is 6.68. The van der Waals surface area contributed by atoms with Gasteiger partial charge in [0.1, 0.15) is 29.5 Å². The van der Waals surface area contributed by atoms with Crippen LogP contribution >= 0.6 is 0 Å². The molecule has 7 nitrogen and oxygen atoms in total. The van der Waals surface area contributed by atoms with Crippen molar-refractivity contribution in [3.05, 3.63) is 95.3 Å². The van der Waals surface area contributed by atoms with Crippen molar-refractivity contribution in [3.63, 3.8) is 0 Å². The van der Waals surface area contributed by atoms with Gasteiger partial charge in [-0.05, 0) is 72.7 Å². The zero-order valence-electron chi connectivity index (χ0n) is 18.3. The molecule has 0 aromatic heterocycles. The second-order valence-corrected chi connectivity index (χ2v) is 7.37. The summed E-state index contributed by atoms with van der Waals surface area (Å²) in [6, 6.07) is 18.4. The van der Waals surface area contributed by atoms with E-state index >= 15 is 0 Å². The number of amides is 4. The Morgan fingerprint density at radius 1 is 0.853 bits per heavy atom. The first-order chi connectivity index (χ1) is 16.4. The van der Waals surface area contributed by atoms with Gasteiger partial charge in [-0.25, -0.2) is 14.1 Å². The van der Waals surface area contributed by atoms with Gasteiger partial charge in [0, 0.05) is 0 Å². The summed E-state index contributed by atoms with van der Waals surface area (Å²) in [6.07, 6.45) is 1.41. The molecule has 0 aliphatic carbocycles.